The van der Waals surface area contributed by atoms with Gasteiger partial charge in [0, 0.05) is 23.8 Å². The molecule has 1 unspecified atom stereocenters. The summed E-state index contributed by atoms with van der Waals surface area (Å²) < 4.78 is 16.4. The van der Waals surface area contributed by atoms with Crippen LogP contribution in [0.25, 0.3) is 0 Å². The molecule has 0 spiro atoms. The van der Waals surface area contributed by atoms with Crippen LogP contribution in [0.15, 0.2) is 59.8 Å². The van der Waals surface area contributed by atoms with Crippen molar-refractivity contribution in [1.82, 2.24) is 19.7 Å². The van der Waals surface area contributed by atoms with Crippen molar-refractivity contribution in [2.75, 3.05) is 18.1 Å². The Balaban J connectivity index is 1.30. The topological polar surface area (TPSA) is 51.0 Å². The Kier molecular flexibility index (Phi) is 6.00. The van der Waals surface area contributed by atoms with Crippen molar-refractivity contribution < 1.29 is 9.18 Å². The summed E-state index contributed by atoms with van der Waals surface area (Å²) >= 11 is 3.04. The second-order valence-electron chi connectivity index (χ2n) is 7.81. The van der Waals surface area contributed by atoms with Gasteiger partial charge in [0.05, 0.1) is 12.3 Å². The first-order valence-electron chi connectivity index (χ1n) is 10.5. The zero-order valence-electron chi connectivity index (χ0n) is 17.0. The molecule has 5 rings (SSSR count). The third-order valence-corrected chi connectivity index (χ3v) is 7.77. The van der Waals surface area contributed by atoms with E-state index in [1.807, 2.05) is 24.3 Å². The van der Waals surface area contributed by atoms with Gasteiger partial charge < -0.3 is 9.47 Å². The largest absolute Gasteiger partial charge is 0.325 e. The average Bonchev–Trinajstić information content (AvgIpc) is 3.38. The van der Waals surface area contributed by atoms with Gasteiger partial charge in [-0.3, -0.25) is 4.79 Å². The van der Waals surface area contributed by atoms with E-state index >= 15 is 0 Å². The van der Waals surface area contributed by atoms with Gasteiger partial charge in [-0.1, -0.05) is 60.3 Å². The van der Waals surface area contributed by atoms with Crippen molar-refractivity contribution in [3.05, 3.63) is 77.4 Å². The average molecular weight is 455 g/mol. The maximum absolute atomic E-state index is 14.3. The maximum atomic E-state index is 14.3. The monoisotopic (exact) mass is 454 g/mol. The SMILES string of the molecule is O=C(CSc1nnc(C2CC2)n1Cc1ccccc1)N1CCSC1c1ccccc1F. The Morgan fingerprint density at radius 2 is 1.87 bits per heavy atom. The summed E-state index contributed by atoms with van der Waals surface area (Å²) in [6, 6.07) is 17.0. The molecule has 2 aromatic carbocycles. The molecule has 1 amide bonds. The van der Waals surface area contributed by atoms with Crippen LogP contribution in [0, 0.1) is 5.82 Å². The van der Waals surface area contributed by atoms with Gasteiger partial charge in [-0.15, -0.1) is 22.0 Å². The molecule has 0 radical (unpaired) electrons. The highest BCUT2D eigenvalue weighted by Crippen LogP contribution is 2.41. The molecule has 3 aromatic rings. The standard InChI is InChI=1S/C23H23FN4OS2/c24-19-9-5-4-8-18(19)22-27(12-13-30-22)20(29)15-31-23-26-25-21(17-10-11-17)28(23)14-16-6-2-1-3-7-16/h1-9,17,22H,10-15H2. The molecule has 1 aromatic heterocycles. The summed E-state index contributed by atoms with van der Waals surface area (Å²) in [6.45, 7) is 1.33. The van der Waals surface area contributed by atoms with E-state index in [9.17, 15) is 9.18 Å². The van der Waals surface area contributed by atoms with Crippen LogP contribution in [0.5, 0.6) is 0 Å². The van der Waals surface area contributed by atoms with Crippen molar-refractivity contribution in [3.63, 3.8) is 0 Å². The van der Waals surface area contributed by atoms with Crippen molar-refractivity contribution >= 4 is 29.4 Å². The van der Waals surface area contributed by atoms with E-state index in [4.69, 9.17) is 0 Å². The van der Waals surface area contributed by atoms with Crippen LogP contribution >= 0.6 is 23.5 Å². The third kappa shape index (κ3) is 4.50. The predicted octanol–water partition coefficient (Wildman–Crippen LogP) is 4.71. The fourth-order valence-electron chi connectivity index (χ4n) is 3.83. The molecular formula is C23H23FN4OS2. The molecule has 31 heavy (non-hydrogen) atoms. The molecule has 2 aliphatic rings. The Hall–Kier alpha value is -2.32. The number of thioether (sulfide) groups is 2. The highest BCUT2D eigenvalue weighted by Gasteiger charge is 2.33. The van der Waals surface area contributed by atoms with Crippen LogP contribution in [-0.2, 0) is 11.3 Å². The number of hydrogen-bond acceptors (Lipinski definition) is 5. The molecule has 0 N–H and O–H groups in total. The summed E-state index contributed by atoms with van der Waals surface area (Å²) in [5.41, 5.74) is 1.76. The van der Waals surface area contributed by atoms with E-state index < -0.39 is 0 Å². The minimum absolute atomic E-state index is 0.00508. The second-order valence-corrected chi connectivity index (χ2v) is 9.94. The van der Waals surface area contributed by atoms with Crippen LogP contribution in [-0.4, -0.2) is 43.6 Å². The molecule has 1 atom stereocenters. The van der Waals surface area contributed by atoms with Gasteiger partial charge in [-0.05, 0) is 24.5 Å². The van der Waals surface area contributed by atoms with Crippen LogP contribution in [0.4, 0.5) is 4.39 Å². The fourth-order valence-corrected chi connectivity index (χ4v) is 5.96. The number of carbonyl (C=O) groups is 1. The van der Waals surface area contributed by atoms with Crippen LogP contribution in [0.1, 0.15) is 41.1 Å². The predicted molar refractivity (Wildman–Crippen MR) is 122 cm³/mol. The molecule has 1 saturated heterocycles. The van der Waals surface area contributed by atoms with Gasteiger partial charge in [0.25, 0.3) is 0 Å². The van der Waals surface area contributed by atoms with Crippen molar-refractivity contribution in [2.24, 2.45) is 0 Å². The van der Waals surface area contributed by atoms with Crippen molar-refractivity contribution in [3.8, 4) is 0 Å². The fraction of sp³-hybridized carbons (Fsp3) is 0.348. The summed E-state index contributed by atoms with van der Waals surface area (Å²) in [4.78, 5) is 14.8. The van der Waals surface area contributed by atoms with E-state index in [0.29, 0.717) is 24.6 Å². The van der Waals surface area contributed by atoms with Gasteiger partial charge >= 0.3 is 0 Å². The molecule has 1 aliphatic carbocycles. The van der Waals surface area contributed by atoms with E-state index in [1.54, 1.807) is 28.8 Å². The van der Waals surface area contributed by atoms with Gasteiger partial charge in [0.2, 0.25) is 5.91 Å². The summed E-state index contributed by atoms with van der Waals surface area (Å²) in [6.07, 6.45) is 2.29. The van der Waals surface area contributed by atoms with Crippen molar-refractivity contribution in [2.45, 2.75) is 35.8 Å². The lowest BCUT2D eigenvalue weighted by Crippen LogP contribution is -2.32. The molecule has 8 heteroatoms. The number of rotatable bonds is 7. The quantitative estimate of drug-likeness (QED) is 0.484. The summed E-state index contributed by atoms with van der Waals surface area (Å²) in [5, 5.41) is 9.35. The molecule has 1 saturated carbocycles. The lowest BCUT2D eigenvalue weighted by atomic mass is 10.2. The summed E-state index contributed by atoms with van der Waals surface area (Å²) in [7, 11) is 0. The second kappa shape index (κ2) is 9.04. The number of halogens is 1. The highest BCUT2D eigenvalue weighted by atomic mass is 32.2. The highest BCUT2D eigenvalue weighted by molar-refractivity contribution is 8.00. The number of hydrogen-bond donors (Lipinski definition) is 0. The Morgan fingerprint density at radius 3 is 2.65 bits per heavy atom. The van der Waals surface area contributed by atoms with E-state index in [-0.39, 0.29) is 22.9 Å². The lowest BCUT2D eigenvalue weighted by Gasteiger charge is -2.24. The van der Waals surface area contributed by atoms with Crippen LogP contribution in [0.3, 0.4) is 0 Å². The Labute approximate surface area is 189 Å². The number of benzene rings is 2. The zero-order chi connectivity index (χ0) is 21.2. The molecule has 5 nitrogen and oxygen atoms in total. The van der Waals surface area contributed by atoms with Gasteiger partial charge in [-0.25, -0.2) is 4.39 Å². The van der Waals surface area contributed by atoms with Gasteiger partial charge in [0.1, 0.15) is 17.0 Å². The van der Waals surface area contributed by atoms with E-state index in [1.165, 1.54) is 23.4 Å². The number of aromatic nitrogens is 3. The molecule has 0 bridgehead atoms. The van der Waals surface area contributed by atoms with E-state index in [0.717, 1.165) is 29.6 Å². The number of nitrogens with zero attached hydrogens (tertiary/aromatic N) is 4. The molecule has 2 fully saturated rings. The molecular weight excluding hydrogens is 431 g/mol. The lowest BCUT2D eigenvalue weighted by molar-refractivity contribution is -0.128. The first-order valence-corrected chi connectivity index (χ1v) is 12.5. The van der Waals surface area contributed by atoms with Crippen LogP contribution in [0.2, 0.25) is 0 Å². The number of amides is 1. The minimum Gasteiger partial charge on any atom is -0.325 e. The Morgan fingerprint density at radius 1 is 1.10 bits per heavy atom. The third-order valence-electron chi connectivity index (χ3n) is 5.58. The Bertz CT molecular complexity index is 1070. The van der Waals surface area contributed by atoms with Crippen LogP contribution < -0.4 is 0 Å². The molecule has 160 valence electrons. The maximum Gasteiger partial charge on any atom is 0.234 e. The van der Waals surface area contributed by atoms with E-state index in [2.05, 4.69) is 26.9 Å². The number of carbonyl (C=O) groups excluding carboxylic acids is 1. The van der Waals surface area contributed by atoms with Crippen molar-refractivity contribution in [1.29, 1.82) is 0 Å². The van der Waals surface area contributed by atoms with Gasteiger partial charge in [-0.2, -0.15) is 0 Å². The first-order chi connectivity index (χ1) is 15.2. The van der Waals surface area contributed by atoms with Gasteiger partial charge in [0.15, 0.2) is 5.16 Å². The molecule has 2 heterocycles. The normalized spacial score (nSPS) is 18.5. The molecule has 1 aliphatic heterocycles. The summed E-state index contributed by atoms with van der Waals surface area (Å²) in [5.74, 6) is 2.31. The minimum atomic E-state index is -0.265. The smallest absolute Gasteiger partial charge is 0.234 e. The zero-order valence-corrected chi connectivity index (χ0v) is 18.6. The first kappa shape index (κ1) is 20.6.